The summed E-state index contributed by atoms with van der Waals surface area (Å²) >= 11 is 12.0. The van der Waals surface area contributed by atoms with E-state index < -0.39 is 17.9 Å². The van der Waals surface area contributed by atoms with Crippen molar-refractivity contribution in [1.29, 1.82) is 0 Å². The summed E-state index contributed by atoms with van der Waals surface area (Å²) in [6.07, 6.45) is 0.0472. The number of hydrogen-bond donors (Lipinski definition) is 1. The van der Waals surface area contributed by atoms with Gasteiger partial charge in [0.25, 0.3) is 0 Å². The van der Waals surface area contributed by atoms with Crippen LogP contribution < -0.4 is 0 Å². The fraction of sp³-hybridized carbons (Fsp3) is 0.533. The molecule has 1 aromatic carbocycles. The highest BCUT2D eigenvalue weighted by atomic mass is 35.5. The second-order valence-electron chi connectivity index (χ2n) is 4.71. The molecule has 0 amide bonds. The van der Waals surface area contributed by atoms with Crippen LogP contribution in [0.4, 0.5) is 0 Å². The second-order valence-corrected chi connectivity index (χ2v) is 5.55. The first-order chi connectivity index (χ1) is 9.85. The third kappa shape index (κ3) is 5.15. The van der Waals surface area contributed by atoms with Gasteiger partial charge in [-0.3, -0.25) is 4.79 Å². The lowest BCUT2D eigenvalue weighted by Crippen LogP contribution is -2.33. The first-order valence-electron chi connectivity index (χ1n) is 6.77. The molecule has 1 aromatic rings. The number of hydrogen-bond acceptors (Lipinski definition) is 4. The number of benzene rings is 1. The van der Waals surface area contributed by atoms with Gasteiger partial charge in [-0.05, 0) is 25.0 Å². The smallest absolute Gasteiger partial charge is 0.308 e. The number of aliphatic hydroxyl groups is 1. The van der Waals surface area contributed by atoms with E-state index in [1.165, 1.54) is 7.11 Å². The summed E-state index contributed by atoms with van der Waals surface area (Å²) in [5.74, 6) is -1.76. The molecule has 4 nitrogen and oxygen atoms in total. The predicted octanol–water partition coefficient (Wildman–Crippen LogP) is 4.12. The van der Waals surface area contributed by atoms with Gasteiger partial charge >= 0.3 is 5.97 Å². The number of carbonyl (C=O) groups excluding carboxylic acids is 1. The van der Waals surface area contributed by atoms with E-state index in [9.17, 15) is 9.90 Å². The van der Waals surface area contributed by atoms with Gasteiger partial charge in [-0.1, -0.05) is 43.1 Å². The number of halogens is 2. The lowest BCUT2D eigenvalue weighted by Gasteiger charge is -2.31. The van der Waals surface area contributed by atoms with Gasteiger partial charge in [0.2, 0.25) is 0 Å². The minimum absolute atomic E-state index is 0.0415. The maximum atomic E-state index is 11.6. The van der Waals surface area contributed by atoms with Gasteiger partial charge in [-0.25, -0.2) is 0 Å². The van der Waals surface area contributed by atoms with Crippen LogP contribution in [0.5, 0.6) is 0 Å². The maximum Gasteiger partial charge on any atom is 0.308 e. The summed E-state index contributed by atoms with van der Waals surface area (Å²) in [5, 5.41) is 11.2. The van der Waals surface area contributed by atoms with E-state index in [4.69, 9.17) is 27.9 Å². The van der Waals surface area contributed by atoms with Crippen LogP contribution in [0.3, 0.4) is 0 Å². The van der Waals surface area contributed by atoms with Crippen LogP contribution >= 0.6 is 23.2 Å². The normalized spacial score (nSPS) is 13.0. The molecule has 0 aliphatic heterocycles. The number of esters is 1. The van der Waals surface area contributed by atoms with Gasteiger partial charge in [-0.2, -0.15) is 0 Å². The molecule has 0 aromatic heterocycles. The molecule has 21 heavy (non-hydrogen) atoms. The Labute approximate surface area is 135 Å². The summed E-state index contributed by atoms with van der Waals surface area (Å²) in [7, 11) is 1.30. The third-order valence-electron chi connectivity index (χ3n) is 3.36. The summed E-state index contributed by atoms with van der Waals surface area (Å²) in [6, 6.07) is 4.92. The molecular formula is C15H20Cl2O4. The summed E-state index contributed by atoms with van der Waals surface area (Å²) in [5.41, 5.74) is 0.590. The van der Waals surface area contributed by atoms with Crippen molar-refractivity contribution in [3.63, 3.8) is 0 Å². The summed E-state index contributed by atoms with van der Waals surface area (Å²) < 4.78 is 10.4. The van der Waals surface area contributed by atoms with Crippen LogP contribution in [0.25, 0.3) is 0 Å². The Morgan fingerprint density at radius 2 is 1.95 bits per heavy atom. The van der Waals surface area contributed by atoms with Crippen LogP contribution in [0.2, 0.25) is 10.0 Å². The minimum atomic E-state index is -1.32. The Bertz CT molecular complexity index is 487. The quantitative estimate of drug-likeness (QED) is 0.601. The molecule has 0 spiro atoms. The van der Waals surface area contributed by atoms with Crippen molar-refractivity contribution in [2.24, 2.45) is 0 Å². The Morgan fingerprint density at radius 3 is 2.43 bits per heavy atom. The lowest BCUT2D eigenvalue weighted by molar-refractivity contribution is -0.237. The molecule has 0 aliphatic carbocycles. The number of rotatable bonds is 7. The lowest BCUT2D eigenvalue weighted by atomic mass is 10.0. The van der Waals surface area contributed by atoms with Crippen LogP contribution in [0.1, 0.15) is 44.8 Å². The standard InChI is InChI=1S/C15H20Cl2O4/c1-4-15(19,5-2)21-13(9-14(18)20-3)11-7-6-10(16)8-12(11)17/h6-8,13,19H,4-5,9H2,1-3H3/t13-/m1/s1. The molecule has 118 valence electrons. The van der Waals surface area contributed by atoms with Crippen molar-refractivity contribution in [3.8, 4) is 0 Å². The molecule has 0 unspecified atom stereocenters. The molecule has 0 saturated carbocycles. The van der Waals surface area contributed by atoms with E-state index in [2.05, 4.69) is 4.74 Å². The predicted molar refractivity (Wildman–Crippen MR) is 82.5 cm³/mol. The van der Waals surface area contributed by atoms with Crippen molar-refractivity contribution < 1.29 is 19.4 Å². The molecule has 0 bridgehead atoms. The first-order valence-corrected chi connectivity index (χ1v) is 7.52. The largest absolute Gasteiger partial charge is 0.469 e. The zero-order chi connectivity index (χ0) is 16.0. The van der Waals surface area contributed by atoms with Crippen molar-refractivity contribution in [2.75, 3.05) is 7.11 Å². The van der Waals surface area contributed by atoms with Gasteiger partial charge in [0.1, 0.15) is 0 Å². The Kier molecular flexibility index (Phi) is 6.94. The highest BCUT2D eigenvalue weighted by Crippen LogP contribution is 2.35. The molecule has 1 rings (SSSR count). The van der Waals surface area contributed by atoms with E-state index in [0.29, 0.717) is 28.5 Å². The maximum absolute atomic E-state index is 11.6. The highest BCUT2D eigenvalue weighted by Gasteiger charge is 2.31. The zero-order valence-electron chi connectivity index (χ0n) is 12.4. The second kappa shape index (κ2) is 7.99. The van der Waals surface area contributed by atoms with Crippen molar-refractivity contribution in [3.05, 3.63) is 33.8 Å². The van der Waals surface area contributed by atoms with Crippen LogP contribution in [-0.2, 0) is 14.3 Å². The van der Waals surface area contributed by atoms with Gasteiger partial charge in [-0.15, -0.1) is 0 Å². The van der Waals surface area contributed by atoms with Crippen LogP contribution in [-0.4, -0.2) is 24.0 Å². The molecule has 6 heteroatoms. The third-order valence-corrected chi connectivity index (χ3v) is 3.92. The van der Waals surface area contributed by atoms with Crippen LogP contribution in [0.15, 0.2) is 18.2 Å². The van der Waals surface area contributed by atoms with E-state index in [1.54, 1.807) is 18.2 Å². The van der Waals surface area contributed by atoms with Gasteiger partial charge in [0.05, 0.1) is 19.6 Å². The summed E-state index contributed by atoms with van der Waals surface area (Å²) in [6.45, 7) is 3.62. The van der Waals surface area contributed by atoms with E-state index in [-0.39, 0.29) is 6.42 Å². The zero-order valence-corrected chi connectivity index (χ0v) is 13.9. The van der Waals surface area contributed by atoms with Crippen molar-refractivity contribution in [1.82, 2.24) is 0 Å². The van der Waals surface area contributed by atoms with Gasteiger partial charge in [0.15, 0.2) is 5.79 Å². The monoisotopic (exact) mass is 334 g/mol. The van der Waals surface area contributed by atoms with E-state index in [1.807, 2.05) is 13.8 Å². The number of carbonyl (C=O) groups is 1. The minimum Gasteiger partial charge on any atom is -0.469 e. The summed E-state index contributed by atoms with van der Waals surface area (Å²) in [4.78, 5) is 11.6. The molecule has 1 N–H and O–H groups in total. The van der Waals surface area contributed by atoms with Gasteiger partial charge < -0.3 is 14.6 Å². The fourth-order valence-corrected chi connectivity index (χ4v) is 2.42. The first kappa shape index (κ1) is 18.2. The highest BCUT2D eigenvalue weighted by molar-refractivity contribution is 6.35. The Hall–Kier alpha value is -0.810. The SMILES string of the molecule is CCC(O)(CC)O[C@H](CC(=O)OC)c1ccc(Cl)cc1Cl. The molecule has 1 atom stereocenters. The molecular weight excluding hydrogens is 315 g/mol. The molecule has 0 saturated heterocycles. The molecule has 0 radical (unpaired) electrons. The molecule has 0 fully saturated rings. The Morgan fingerprint density at radius 1 is 1.33 bits per heavy atom. The molecule has 0 aliphatic rings. The number of methoxy groups -OCH3 is 1. The van der Waals surface area contributed by atoms with Gasteiger partial charge in [0, 0.05) is 15.6 Å². The fourth-order valence-electron chi connectivity index (χ4n) is 1.89. The Balaban J connectivity index is 3.09. The number of ether oxygens (including phenoxy) is 2. The average Bonchev–Trinajstić information content (AvgIpc) is 2.46. The topological polar surface area (TPSA) is 55.8 Å². The van der Waals surface area contributed by atoms with E-state index >= 15 is 0 Å². The van der Waals surface area contributed by atoms with Crippen LogP contribution in [0, 0.1) is 0 Å². The van der Waals surface area contributed by atoms with Crippen molar-refractivity contribution in [2.45, 2.75) is 45.0 Å². The molecule has 0 heterocycles. The van der Waals surface area contributed by atoms with E-state index in [0.717, 1.165) is 0 Å². The van der Waals surface area contributed by atoms with Crippen molar-refractivity contribution >= 4 is 29.2 Å². The average molecular weight is 335 g/mol.